The Hall–Kier alpha value is -1.75. The molecule has 0 aromatic carbocycles. The second kappa shape index (κ2) is 36.8. The van der Waals surface area contributed by atoms with Crippen LogP contribution in [0.1, 0.15) is 117 Å². The van der Waals surface area contributed by atoms with E-state index in [1.165, 1.54) is 51.9 Å². The molecule has 0 amide bonds. The zero-order valence-corrected chi connectivity index (χ0v) is 21.9. The summed E-state index contributed by atoms with van der Waals surface area (Å²) in [6.07, 6.45) is 13.4. The Balaban J connectivity index is -0.000000199. The highest BCUT2D eigenvalue weighted by molar-refractivity contribution is 5.68. The number of carboxylic acids is 3. The summed E-state index contributed by atoms with van der Waals surface area (Å²) in [5.74, 6) is -2.40. The van der Waals surface area contributed by atoms with Crippen LogP contribution in [0.2, 0.25) is 0 Å². The molecule has 1 unspecified atom stereocenters. The van der Waals surface area contributed by atoms with Crippen molar-refractivity contribution in [3.05, 3.63) is 0 Å². The maximum atomic E-state index is 10.2. The normalized spacial score (nSPS) is 10.5. The third kappa shape index (κ3) is 65.4. The van der Waals surface area contributed by atoms with Gasteiger partial charge in [-0.15, -0.1) is 0 Å². The number of aliphatic hydroxyl groups excluding tert-OH is 4. The van der Waals surface area contributed by atoms with Gasteiger partial charge in [-0.05, 0) is 39.0 Å². The Morgan fingerprint density at radius 3 is 1.03 bits per heavy atom. The molecule has 0 saturated carbocycles. The predicted octanol–water partition coefficient (Wildman–Crippen LogP) is 3.82. The van der Waals surface area contributed by atoms with Crippen molar-refractivity contribution in [1.82, 2.24) is 0 Å². The van der Waals surface area contributed by atoms with Crippen LogP contribution in [0.3, 0.4) is 0 Å². The Bertz CT molecular complexity index is 422. The van der Waals surface area contributed by atoms with E-state index in [0.717, 1.165) is 25.7 Å². The number of aliphatic carboxylic acids is 3. The number of unbranched alkanes of at least 4 members (excludes halogenated alkanes) is 10. The summed E-state index contributed by atoms with van der Waals surface area (Å²) in [6.45, 7) is 4.01. The van der Waals surface area contributed by atoms with E-state index in [1.807, 2.05) is 0 Å². The van der Waals surface area contributed by atoms with Crippen LogP contribution in [0, 0.1) is 0 Å². The number of hydrogen-bond donors (Lipinski definition) is 7. The van der Waals surface area contributed by atoms with E-state index in [9.17, 15) is 14.4 Å². The highest BCUT2D eigenvalue weighted by Gasteiger charge is 1.99. The minimum Gasteiger partial charge on any atom is -0.481 e. The molecule has 0 aromatic heterocycles. The van der Waals surface area contributed by atoms with E-state index in [4.69, 9.17) is 35.7 Å². The van der Waals surface area contributed by atoms with Crippen LogP contribution in [-0.4, -0.2) is 79.6 Å². The zero-order valence-electron chi connectivity index (χ0n) is 21.9. The second-order valence-electron chi connectivity index (χ2n) is 8.15. The third-order valence-electron chi connectivity index (χ3n) is 4.36. The van der Waals surface area contributed by atoms with Gasteiger partial charge in [0.1, 0.15) is 0 Å². The first-order valence-electron chi connectivity index (χ1n) is 12.7. The molecule has 0 fully saturated rings. The van der Waals surface area contributed by atoms with Gasteiger partial charge in [0, 0.05) is 32.5 Å². The molecule has 0 aromatic rings. The van der Waals surface area contributed by atoms with Crippen LogP contribution in [0.25, 0.3) is 0 Å². The fraction of sp³-hybridized carbons (Fsp3) is 0.880. The van der Waals surface area contributed by atoms with Crippen molar-refractivity contribution in [1.29, 1.82) is 0 Å². The minimum absolute atomic E-state index is 0.0628. The first-order valence-corrected chi connectivity index (χ1v) is 12.7. The lowest BCUT2D eigenvalue weighted by molar-refractivity contribution is -0.139. The first-order chi connectivity index (χ1) is 16.6. The lowest BCUT2D eigenvalue weighted by atomic mass is 10.1. The number of carbonyl (C=O) groups is 3. The SMILES string of the molecule is CC(O)CO.CCCCCCCCCCCC(=O)O.O=C(O)CCCCC(=O)O.OCCCCO. The van der Waals surface area contributed by atoms with E-state index in [0.29, 0.717) is 19.3 Å². The van der Waals surface area contributed by atoms with Gasteiger partial charge >= 0.3 is 17.9 Å². The Morgan fingerprint density at radius 2 is 0.800 bits per heavy atom. The molecular weight excluding hydrogens is 460 g/mol. The van der Waals surface area contributed by atoms with Crippen LogP contribution in [0.15, 0.2) is 0 Å². The van der Waals surface area contributed by atoms with E-state index < -0.39 is 24.0 Å². The van der Waals surface area contributed by atoms with E-state index in [1.54, 1.807) is 0 Å². The van der Waals surface area contributed by atoms with Gasteiger partial charge in [-0.25, -0.2) is 0 Å². The lowest BCUT2D eigenvalue weighted by Crippen LogP contribution is -2.03. The predicted molar refractivity (Wildman–Crippen MR) is 135 cm³/mol. The minimum atomic E-state index is -0.870. The summed E-state index contributed by atoms with van der Waals surface area (Å²) in [5, 5.41) is 56.9. The van der Waals surface area contributed by atoms with Gasteiger partial charge in [0.15, 0.2) is 0 Å². The molecule has 212 valence electrons. The number of rotatable bonds is 19. The summed E-state index contributed by atoms with van der Waals surface area (Å²) in [6, 6.07) is 0. The van der Waals surface area contributed by atoms with Crippen molar-refractivity contribution in [2.24, 2.45) is 0 Å². The highest BCUT2D eigenvalue weighted by atomic mass is 16.4. The van der Waals surface area contributed by atoms with Crippen LogP contribution in [0.5, 0.6) is 0 Å². The van der Waals surface area contributed by atoms with Crippen LogP contribution in [-0.2, 0) is 14.4 Å². The molecule has 0 radical (unpaired) electrons. The van der Waals surface area contributed by atoms with Gasteiger partial charge in [-0.3, -0.25) is 14.4 Å². The van der Waals surface area contributed by atoms with Crippen molar-refractivity contribution in [3.8, 4) is 0 Å². The summed E-state index contributed by atoms with van der Waals surface area (Å²) < 4.78 is 0. The Kier molecular flexibility index (Phi) is 42.5. The average Bonchev–Trinajstić information content (AvgIpc) is 2.80. The molecule has 0 aliphatic carbocycles. The maximum Gasteiger partial charge on any atom is 0.303 e. The van der Waals surface area contributed by atoms with E-state index in [-0.39, 0.29) is 32.7 Å². The van der Waals surface area contributed by atoms with Crippen molar-refractivity contribution < 1.29 is 50.1 Å². The molecule has 1 atom stereocenters. The zero-order chi connectivity index (χ0) is 27.7. The number of aliphatic hydroxyl groups is 4. The molecule has 35 heavy (non-hydrogen) atoms. The van der Waals surface area contributed by atoms with Crippen molar-refractivity contribution in [3.63, 3.8) is 0 Å². The molecule has 0 spiro atoms. The van der Waals surface area contributed by atoms with E-state index in [2.05, 4.69) is 6.92 Å². The van der Waals surface area contributed by atoms with Crippen LogP contribution in [0.4, 0.5) is 0 Å². The fourth-order valence-electron chi connectivity index (χ4n) is 2.36. The molecule has 0 rings (SSSR count). The molecule has 0 aliphatic rings. The average molecular weight is 513 g/mol. The molecule has 0 saturated heterocycles. The summed E-state index contributed by atoms with van der Waals surface area (Å²) in [7, 11) is 0. The van der Waals surface area contributed by atoms with Crippen LogP contribution >= 0.6 is 0 Å². The lowest BCUT2D eigenvalue weighted by Gasteiger charge is -2.00. The number of hydrogen-bond acceptors (Lipinski definition) is 7. The maximum absolute atomic E-state index is 10.2. The van der Waals surface area contributed by atoms with Gasteiger partial charge in [0.25, 0.3) is 0 Å². The van der Waals surface area contributed by atoms with Gasteiger partial charge in [0.2, 0.25) is 0 Å². The van der Waals surface area contributed by atoms with Gasteiger partial charge in [-0.2, -0.15) is 0 Å². The standard InChI is InChI=1S/C12H24O2.C6H10O4.C4H10O2.C3H8O2/c1-2-3-4-5-6-7-8-9-10-11-12(13)14;7-5(8)3-1-2-4-6(9)10;5-3-1-2-4-6;1-3(5)2-4/h2-11H2,1H3,(H,13,14);1-4H2,(H,7,8)(H,9,10);5-6H,1-4H2;3-5H,2H2,1H3. The van der Waals surface area contributed by atoms with Gasteiger partial charge in [-0.1, -0.05) is 58.3 Å². The molecule has 0 heterocycles. The van der Waals surface area contributed by atoms with Crippen LogP contribution < -0.4 is 0 Å². The quantitative estimate of drug-likeness (QED) is 0.125. The van der Waals surface area contributed by atoms with Crippen molar-refractivity contribution >= 4 is 17.9 Å². The van der Waals surface area contributed by atoms with Gasteiger partial charge < -0.3 is 35.7 Å². The highest BCUT2D eigenvalue weighted by Crippen LogP contribution is 2.10. The molecule has 0 bridgehead atoms. The third-order valence-corrected chi connectivity index (χ3v) is 4.36. The molecule has 7 N–H and O–H groups in total. The molecule has 10 heteroatoms. The fourth-order valence-corrected chi connectivity index (χ4v) is 2.36. The number of carboxylic acid groups (broad SMARTS) is 3. The molecule has 0 aliphatic heterocycles. The summed E-state index contributed by atoms with van der Waals surface area (Å²) in [5.41, 5.74) is 0. The Labute approximate surface area is 211 Å². The monoisotopic (exact) mass is 512 g/mol. The largest absolute Gasteiger partial charge is 0.481 e. The molecular formula is C25H52O10. The Morgan fingerprint density at radius 1 is 0.543 bits per heavy atom. The summed E-state index contributed by atoms with van der Waals surface area (Å²) >= 11 is 0. The van der Waals surface area contributed by atoms with E-state index >= 15 is 0 Å². The van der Waals surface area contributed by atoms with Crippen molar-refractivity contribution in [2.75, 3.05) is 19.8 Å². The topological polar surface area (TPSA) is 193 Å². The first kappa shape index (κ1) is 40.4. The smallest absolute Gasteiger partial charge is 0.303 e. The molecule has 10 nitrogen and oxygen atoms in total. The van der Waals surface area contributed by atoms with Crippen molar-refractivity contribution in [2.45, 2.75) is 123 Å². The summed E-state index contributed by atoms with van der Waals surface area (Å²) in [4.78, 5) is 30.0. The second-order valence-corrected chi connectivity index (χ2v) is 8.15. The van der Waals surface area contributed by atoms with Gasteiger partial charge in [0.05, 0.1) is 12.7 Å².